The van der Waals surface area contributed by atoms with Crippen LogP contribution in [0.4, 0.5) is 5.13 Å². The smallest absolute Gasteiger partial charge is 0.257 e. The highest BCUT2D eigenvalue weighted by Gasteiger charge is 2.10. The molecule has 0 atom stereocenters. The van der Waals surface area contributed by atoms with Gasteiger partial charge in [0.2, 0.25) is 5.13 Å². The summed E-state index contributed by atoms with van der Waals surface area (Å²) in [7, 11) is 0. The molecule has 0 fully saturated rings. The van der Waals surface area contributed by atoms with E-state index in [4.69, 9.17) is 4.74 Å². The summed E-state index contributed by atoms with van der Waals surface area (Å²) in [5, 5.41) is 12.3. The normalized spacial score (nSPS) is 10.8. The van der Waals surface area contributed by atoms with Crippen molar-refractivity contribution in [3.8, 4) is 5.75 Å². The van der Waals surface area contributed by atoms with Crippen LogP contribution in [0, 0.1) is 5.92 Å². The van der Waals surface area contributed by atoms with Gasteiger partial charge in [-0.1, -0.05) is 32.1 Å². The molecular formula is C17H23N3O2S. The van der Waals surface area contributed by atoms with Crippen LogP contribution in [0.3, 0.4) is 0 Å². The molecule has 6 heteroatoms. The highest BCUT2D eigenvalue weighted by atomic mass is 32.1. The fourth-order valence-corrected chi connectivity index (χ4v) is 2.74. The summed E-state index contributed by atoms with van der Waals surface area (Å²) in [6.45, 7) is 7.10. The molecule has 0 aliphatic rings. The summed E-state index contributed by atoms with van der Waals surface area (Å²) >= 11 is 1.42. The maximum Gasteiger partial charge on any atom is 0.257 e. The van der Waals surface area contributed by atoms with Gasteiger partial charge in [-0.25, -0.2) is 0 Å². The number of anilines is 1. The fraction of sp³-hybridized carbons (Fsp3) is 0.471. The van der Waals surface area contributed by atoms with Gasteiger partial charge in [-0.3, -0.25) is 10.1 Å². The van der Waals surface area contributed by atoms with Gasteiger partial charge in [0, 0.05) is 12.0 Å². The molecule has 0 saturated heterocycles. The largest absolute Gasteiger partial charge is 0.494 e. The number of hydrogen-bond acceptors (Lipinski definition) is 5. The first-order valence-corrected chi connectivity index (χ1v) is 8.76. The Labute approximate surface area is 141 Å². The first-order valence-electron chi connectivity index (χ1n) is 7.95. The van der Waals surface area contributed by atoms with E-state index in [0.29, 0.717) is 23.2 Å². The van der Waals surface area contributed by atoms with Crippen LogP contribution >= 0.6 is 11.3 Å². The van der Waals surface area contributed by atoms with E-state index in [1.54, 1.807) is 12.1 Å². The van der Waals surface area contributed by atoms with Crippen LogP contribution in [0.5, 0.6) is 5.75 Å². The molecule has 1 heterocycles. The Bertz CT molecular complexity index is 623. The van der Waals surface area contributed by atoms with Crippen molar-refractivity contribution >= 4 is 22.4 Å². The van der Waals surface area contributed by atoms with Gasteiger partial charge in [0.25, 0.3) is 5.91 Å². The van der Waals surface area contributed by atoms with Gasteiger partial charge < -0.3 is 4.74 Å². The number of benzene rings is 1. The molecule has 124 valence electrons. The first-order chi connectivity index (χ1) is 11.1. The summed E-state index contributed by atoms with van der Waals surface area (Å²) in [5.41, 5.74) is 0.577. The van der Waals surface area contributed by atoms with E-state index in [9.17, 15) is 4.79 Å². The van der Waals surface area contributed by atoms with E-state index in [1.807, 2.05) is 12.1 Å². The second-order valence-electron chi connectivity index (χ2n) is 5.76. The number of nitrogens with one attached hydrogen (secondary N) is 1. The first kappa shape index (κ1) is 17.4. The molecule has 2 rings (SSSR count). The van der Waals surface area contributed by atoms with Gasteiger partial charge in [0.1, 0.15) is 10.8 Å². The number of carbonyl (C=O) groups excluding carboxylic acids is 1. The number of hydrogen-bond donors (Lipinski definition) is 1. The fourth-order valence-electron chi connectivity index (χ4n) is 1.90. The maximum atomic E-state index is 12.2. The summed E-state index contributed by atoms with van der Waals surface area (Å²) in [4.78, 5) is 12.2. The van der Waals surface area contributed by atoms with Crippen molar-refractivity contribution in [3.63, 3.8) is 0 Å². The number of amides is 1. The van der Waals surface area contributed by atoms with Crippen molar-refractivity contribution in [2.45, 2.75) is 40.0 Å². The van der Waals surface area contributed by atoms with Crippen molar-refractivity contribution in [1.82, 2.24) is 10.2 Å². The molecule has 1 amide bonds. The Hall–Kier alpha value is -1.95. The van der Waals surface area contributed by atoms with Crippen molar-refractivity contribution in [2.24, 2.45) is 5.92 Å². The summed E-state index contributed by atoms with van der Waals surface area (Å²) < 4.78 is 5.65. The molecule has 23 heavy (non-hydrogen) atoms. The summed E-state index contributed by atoms with van der Waals surface area (Å²) in [6.07, 6.45) is 2.91. The predicted molar refractivity (Wildman–Crippen MR) is 93.2 cm³/mol. The minimum absolute atomic E-state index is 0.182. The summed E-state index contributed by atoms with van der Waals surface area (Å²) in [5.74, 6) is 1.21. The number of aromatic nitrogens is 2. The van der Waals surface area contributed by atoms with Crippen molar-refractivity contribution < 1.29 is 9.53 Å². The highest BCUT2D eigenvalue weighted by Crippen LogP contribution is 2.18. The van der Waals surface area contributed by atoms with E-state index < -0.39 is 0 Å². The van der Waals surface area contributed by atoms with Crippen molar-refractivity contribution in [2.75, 3.05) is 11.9 Å². The molecule has 0 unspecified atom stereocenters. The lowest BCUT2D eigenvalue weighted by Crippen LogP contribution is -2.11. The van der Waals surface area contributed by atoms with Crippen LogP contribution in [-0.4, -0.2) is 22.7 Å². The lowest BCUT2D eigenvalue weighted by molar-refractivity contribution is 0.102. The van der Waals surface area contributed by atoms with E-state index >= 15 is 0 Å². The summed E-state index contributed by atoms with van der Waals surface area (Å²) in [6, 6.07) is 7.15. The average Bonchev–Trinajstić information content (AvgIpc) is 2.95. The number of aryl methyl sites for hydroxylation is 1. The molecule has 0 spiro atoms. The predicted octanol–water partition coefficient (Wildman–Crippen LogP) is 4.17. The number of nitrogens with zero attached hydrogens (tertiary/aromatic N) is 2. The number of carbonyl (C=O) groups is 1. The Morgan fingerprint density at radius 3 is 2.65 bits per heavy atom. The Balaban J connectivity index is 1.89. The zero-order chi connectivity index (χ0) is 16.7. The van der Waals surface area contributed by atoms with Crippen LogP contribution in [-0.2, 0) is 6.42 Å². The molecule has 5 nitrogen and oxygen atoms in total. The van der Waals surface area contributed by atoms with E-state index in [2.05, 4.69) is 36.3 Å². The van der Waals surface area contributed by atoms with E-state index in [0.717, 1.165) is 30.0 Å². The molecule has 1 aromatic heterocycles. The van der Waals surface area contributed by atoms with E-state index in [1.165, 1.54) is 11.3 Å². The monoisotopic (exact) mass is 333 g/mol. The maximum absolute atomic E-state index is 12.2. The Morgan fingerprint density at radius 1 is 1.26 bits per heavy atom. The molecule has 0 radical (unpaired) electrons. The lowest BCUT2D eigenvalue weighted by Gasteiger charge is -2.08. The van der Waals surface area contributed by atoms with Crippen LogP contribution in [0.15, 0.2) is 24.3 Å². The average molecular weight is 333 g/mol. The second-order valence-corrected chi connectivity index (χ2v) is 6.82. The molecule has 0 aliphatic heterocycles. The quantitative estimate of drug-likeness (QED) is 0.787. The Morgan fingerprint density at radius 2 is 2.00 bits per heavy atom. The van der Waals surface area contributed by atoms with E-state index in [-0.39, 0.29) is 5.91 Å². The highest BCUT2D eigenvalue weighted by molar-refractivity contribution is 7.15. The standard InChI is InChI=1S/C17H23N3O2S/c1-4-5-15-19-20-17(23-15)18-16(21)13-6-8-14(9-7-13)22-11-10-12(2)3/h6-9,12H,4-5,10-11H2,1-3H3,(H,18,20,21). The van der Waals surface area contributed by atoms with Gasteiger partial charge in [-0.15, -0.1) is 10.2 Å². The third-order valence-electron chi connectivity index (χ3n) is 3.23. The molecule has 2 aromatic rings. The molecule has 1 aromatic carbocycles. The second kappa shape index (κ2) is 8.62. The number of rotatable bonds is 8. The molecule has 0 saturated carbocycles. The van der Waals surface area contributed by atoms with Gasteiger partial charge in [-0.05, 0) is 43.0 Å². The van der Waals surface area contributed by atoms with Gasteiger partial charge >= 0.3 is 0 Å². The third kappa shape index (κ3) is 5.63. The van der Waals surface area contributed by atoms with Crippen LogP contribution in [0.2, 0.25) is 0 Å². The number of ether oxygens (including phenoxy) is 1. The van der Waals surface area contributed by atoms with Crippen LogP contribution in [0.1, 0.15) is 49.0 Å². The van der Waals surface area contributed by atoms with Crippen molar-refractivity contribution in [3.05, 3.63) is 34.8 Å². The van der Waals surface area contributed by atoms with Crippen LogP contribution in [0.25, 0.3) is 0 Å². The lowest BCUT2D eigenvalue weighted by atomic mass is 10.1. The SMILES string of the molecule is CCCc1nnc(NC(=O)c2ccc(OCCC(C)C)cc2)s1. The van der Waals surface area contributed by atoms with Gasteiger partial charge in [0.05, 0.1) is 6.61 Å². The molecule has 1 N–H and O–H groups in total. The topological polar surface area (TPSA) is 64.1 Å². The molecule has 0 bridgehead atoms. The molecular weight excluding hydrogens is 310 g/mol. The van der Waals surface area contributed by atoms with Crippen LogP contribution < -0.4 is 10.1 Å². The minimum Gasteiger partial charge on any atom is -0.494 e. The third-order valence-corrected chi connectivity index (χ3v) is 4.13. The zero-order valence-corrected chi connectivity index (χ0v) is 14.7. The molecule has 0 aliphatic carbocycles. The van der Waals surface area contributed by atoms with Gasteiger partial charge in [0.15, 0.2) is 0 Å². The Kier molecular flexibility index (Phi) is 6.52. The zero-order valence-electron chi connectivity index (χ0n) is 13.8. The van der Waals surface area contributed by atoms with Crippen molar-refractivity contribution in [1.29, 1.82) is 0 Å². The van der Waals surface area contributed by atoms with Gasteiger partial charge in [-0.2, -0.15) is 0 Å². The minimum atomic E-state index is -0.182.